The minimum Gasteiger partial charge on any atom is -0.493 e. The van der Waals surface area contributed by atoms with Gasteiger partial charge >= 0.3 is 4.87 Å². The summed E-state index contributed by atoms with van der Waals surface area (Å²) in [5.74, 6) is 0.456. The van der Waals surface area contributed by atoms with Gasteiger partial charge in [-0.2, -0.15) is 0 Å². The average Bonchev–Trinajstić information content (AvgIpc) is 3.25. The minimum absolute atomic E-state index is 0.129. The maximum atomic E-state index is 12.4. The van der Waals surface area contributed by atoms with Crippen LogP contribution in [0, 0.1) is 0 Å². The molecule has 0 atom stereocenters. The number of thiazole rings is 1. The number of hydrogen-bond donors (Lipinski definition) is 1. The Kier molecular flexibility index (Phi) is 3.66. The molecule has 2 aromatic carbocycles. The summed E-state index contributed by atoms with van der Waals surface area (Å²) in [5, 5.41) is 11.7. The van der Waals surface area contributed by atoms with Crippen LogP contribution in [0.5, 0.6) is 17.4 Å². The molecule has 5 rings (SSSR count). The van der Waals surface area contributed by atoms with Gasteiger partial charge < -0.3 is 14.6 Å². The van der Waals surface area contributed by atoms with Gasteiger partial charge in [-0.3, -0.25) is 9.59 Å². The van der Waals surface area contributed by atoms with E-state index in [0.29, 0.717) is 27.8 Å². The zero-order valence-corrected chi connectivity index (χ0v) is 15.1. The van der Waals surface area contributed by atoms with Crippen molar-refractivity contribution < 1.29 is 19.4 Å². The van der Waals surface area contributed by atoms with Crippen molar-refractivity contribution in [3.8, 4) is 23.1 Å². The van der Waals surface area contributed by atoms with E-state index in [4.69, 9.17) is 9.47 Å². The molecule has 3 heterocycles. The van der Waals surface area contributed by atoms with Crippen LogP contribution in [0.1, 0.15) is 4.88 Å². The number of carbonyl (C=O) groups is 1. The summed E-state index contributed by atoms with van der Waals surface area (Å²) in [7, 11) is 0. The Morgan fingerprint density at radius 2 is 1.86 bits per heavy atom. The molecule has 7 nitrogen and oxygen atoms in total. The van der Waals surface area contributed by atoms with E-state index in [0.717, 1.165) is 11.3 Å². The molecular formula is C20H12N2O5S. The fourth-order valence-corrected chi connectivity index (χ4v) is 3.93. The first-order chi connectivity index (χ1) is 13.6. The Labute approximate surface area is 161 Å². The van der Waals surface area contributed by atoms with Crippen molar-refractivity contribution in [1.82, 2.24) is 4.57 Å². The van der Waals surface area contributed by atoms with Crippen molar-refractivity contribution >= 4 is 29.4 Å². The highest BCUT2D eigenvalue weighted by atomic mass is 32.1. The number of aromatic hydroxyl groups is 1. The van der Waals surface area contributed by atoms with Gasteiger partial charge in [-0.15, -0.1) is 0 Å². The molecule has 0 radical (unpaired) electrons. The van der Waals surface area contributed by atoms with Crippen molar-refractivity contribution in [2.45, 2.75) is 0 Å². The predicted molar refractivity (Wildman–Crippen MR) is 102 cm³/mol. The highest BCUT2D eigenvalue weighted by Crippen LogP contribution is 2.29. The molecular weight excluding hydrogens is 380 g/mol. The predicted octanol–water partition coefficient (Wildman–Crippen LogP) is 1.36. The van der Waals surface area contributed by atoms with Gasteiger partial charge in [0, 0.05) is 16.9 Å². The largest absolute Gasteiger partial charge is 0.493 e. The first-order valence-corrected chi connectivity index (χ1v) is 9.18. The Bertz CT molecular complexity index is 1340. The second-order valence-electron chi connectivity index (χ2n) is 6.15. The average molecular weight is 392 g/mol. The Hall–Kier alpha value is -3.65. The lowest BCUT2D eigenvalue weighted by molar-refractivity contribution is -0.114. The van der Waals surface area contributed by atoms with Crippen molar-refractivity contribution in [3.63, 3.8) is 0 Å². The molecule has 3 aromatic rings. The number of rotatable bonds is 2. The second-order valence-corrected chi connectivity index (χ2v) is 7.15. The third-order valence-corrected chi connectivity index (χ3v) is 5.29. The SMILES string of the molecule is O=C1N=c2cc3c(cc2=CC1=Cc1sc(=O)n(-c2ccccc2)c1O)OCO3. The molecule has 0 spiro atoms. The number of aromatic nitrogens is 1. The third kappa shape index (κ3) is 2.62. The number of carbonyl (C=O) groups excluding carboxylic acids is 1. The van der Waals surface area contributed by atoms with Gasteiger partial charge in [-0.25, -0.2) is 9.56 Å². The molecule has 0 unspecified atom stereocenters. The number of para-hydroxylation sites is 1. The smallest absolute Gasteiger partial charge is 0.315 e. The van der Waals surface area contributed by atoms with E-state index >= 15 is 0 Å². The highest BCUT2D eigenvalue weighted by molar-refractivity contribution is 7.10. The number of amides is 1. The zero-order chi connectivity index (χ0) is 19.3. The van der Waals surface area contributed by atoms with Crippen LogP contribution in [-0.2, 0) is 4.79 Å². The summed E-state index contributed by atoms with van der Waals surface area (Å²) >= 11 is 0.855. The molecule has 28 heavy (non-hydrogen) atoms. The van der Waals surface area contributed by atoms with E-state index in [2.05, 4.69) is 4.99 Å². The maximum absolute atomic E-state index is 12.4. The van der Waals surface area contributed by atoms with Crippen molar-refractivity contribution in [2.24, 2.45) is 4.99 Å². The fourth-order valence-electron chi connectivity index (χ4n) is 3.09. The van der Waals surface area contributed by atoms with Crippen LogP contribution in [0.3, 0.4) is 0 Å². The van der Waals surface area contributed by atoms with E-state index in [9.17, 15) is 14.7 Å². The standard InChI is InChI=1S/C20H12N2O5S/c23-18-12(6-11-7-15-16(27-10-26-15)9-14(11)21-18)8-17-19(24)22(20(25)28-17)13-4-2-1-3-5-13/h1-9,24H,10H2. The van der Waals surface area contributed by atoms with Crippen LogP contribution < -0.4 is 24.9 Å². The van der Waals surface area contributed by atoms with Crippen LogP contribution in [0.2, 0.25) is 0 Å². The molecule has 2 aliphatic rings. The molecule has 0 bridgehead atoms. The van der Waals surface area contributed by atoms with Crippen molar-refractivity contribution in [1.29, 1.82) is 0 Å². The molecule has 1 aromatic heterocycles. The Morgan fingerprint density at radius 3 is 2.64 bits per heavy atom. The summed E-state index contributed by atoms with van der Waals surface area (Å²) in [6, 6.07) is 12.2. The van der Waals surface area contributed by atoms with Gasteiger partial charge in [-0.1, -0.05) is 29.5 Å². The monoisotopic (exact) mass is 392 g/mol. The fraction of sp³-hybridized carbons (Fsp3) is 0.0500. The topological polar surface area (TPSA) is 90.1 Å². The van der Waals surface area contributed by atoms with Crippen LogP contribution >= 0.6 is 11.3 Å². The molecule has 0 aliphatic carbocycles. The lowest BCUT2D eigenvalue weighted by atomic mass is 10.1. The second kappa shape index (κ2) is 6.21. The Balaban J connectivity index is 1.63. The summed E-state index contributed by atoms with van der Waals surface area (Å²) in [5.41, 5.74) is 0.815. The number of nitrogens with zero attached hydrogens (tertiary/aromatic N) is 2. The molecule has 8 heteroatoms. The summed E-state index contributed by atoms with van der Waals surface area (Å²) in [4.78, 5) is 28.8. The van der Waals surface area contributed by atoms with Gasteiger partial charge in [0.15, 0.2) is 11.5 Å². The van der Waals surface area contributed by atoms with E-state index in [1.54, 1.807) is 42.5 Å². The van der Waals surface area contributed by atoms with E-state index in [1.807, 2.05) is 6.07 Å². The maximum Gasteiger partial charge on any atom is 0.315 e. The van der Waals surface area contributed by atoms with E-state index in [-0.39, 0.29) is 28.0 Å². The molecule has 1 amide bonds. The van der Waals surface area contributed by atoms with E-state index < -0.39 is 5.91 Å². The van der Waals surface area contributed by atoms with Crippen LogP contribution in [0.4, 0.5) is 0 Å². The first-order valence-electron chi connectivity index (χ1n) is 8.36. The van der Waals surface area contributed by atoms with Crippen LogP contribution in [0.15, 0.2) is 57.8 Å². The normalized spacial score (nSPS) is 15.9. The number of hydrogen-bond acceptors (Lipinski definition) is 6. The summed E-state index contributed by atoms with van der Waals surface area (Å²) < 4.78 is 11.9. The lowest BCUT2D eigenvalue weighted by Crippen LogP contribution is -2.30. The minimum atomic E-state index is -0.460. The third-order valence-electron chi connectivity index (χ3n) is 4.41. The van der Waals surface area contributed by atoms with Crippen LogP contribution in [-0.4, -0.2) is 22.4 Å². The van der Waals surface area contributed by atoms with Gasteiger partial charge in [-0.05, 0) is 30.4 Å². The Morgan fingerprint density at radius 1 is 1.11 bits per heavy atom. The molecule has 0 fully saturated rings. The van der Waals surface area contributed by atoms with E-state index in [1.165, 1.54) is 10.6 Å². The molecule has 2 aliphatic heterocycles. The number of ether oxygens (including phenoxy) is 2. The lowest BCUT2D eigenvalue weighted by Gasteiger charge is -2.05. The number of fused-ring (bicyclic) bond motifs is 2. The zero-order valence-electron chi connectivity index (χ0n) is 14.3. The van der Waals surface area contributed by atoms with Gasteiger partial charge in [0.1, 0.15) is 0 Å². The molecule has 138 valence electrons. The van der Waals surface area contributed by atoms with Crippen LogP contribution in [0.25, 0.3) is 17.8 Å². The quantitative estimate of drug-likeness (QED) is 0.665. The summed E-state index contributed by atoms with van der Waals surface area (Å²) in [6.45, 7) is 0.129. The van der Waals surface area contributed by atoms with Gasteiger partial charge in [0.25, 0.3) is 5.91 Å². The van der Waals surface area contributed by atoms with Crippen molar-refractivity contribution in [2.75, 3.05) is 6.79 Å². The first kappa shape index (κ1) is 16.5. The van der Waals surface area contributed by atoms with Gasteiger partial charge in [0.05, 0.1) is 15.9 Å². The molecule has 0 saturated carbocycles. The number of benzene rings is 2. The van der Waals surface area contributed by atoms with Crippen molar-refractivity contribution in [3.05, 3.63) is 73.2 Å². The van der Waals surface area contributed by atoms with Gasteiger partial charge in [0.2, 0.25) is 12.7 Å². The highest BCUT2D eigenvalue weighted by Gasteiger charge is 2.19. The molecule has 0 saturated heterocycles. The summed E-state index contributed by atoms with van der Waals surface area (Å²) in [6.07, 6.45) is 3.13. The molecule has 1 N–H and O–H groups in total.